The van der Waals surface area contributed by atoms with Gasteiger partial charge in [-0.1, -0.05) is 13.8 Å². The Balaban J connectivity index is 2.00. The van der Waals surface area contributed by atoms with Crippen LogP contribution in [0.4, 0.5) is 5.69 Å². The van der Waals surface area contributed by atoms with E-state index in [0.29, 0.717) is 5.92 Å². The zero-order chi connectivity index (χ0) is 12.8. The van der Waals surface area contributed by atoms with E-state index in [-0.39, 0.29) is 0 Å². The maximum atomic E-state index is 5.40. The molecule has 2 rings (SSSR count). The molecule has 0 unspecified atom stereocenters. The molecular weight excluding hydrogens is 226 g/mol. The second kappa shape index (κ2) is 6.71. The molecular formula is C14H23N3O. The highest BCUT2D eigenvalue weighted by atomic mass is 16.5. The van der Waals surface area contributed by atoms with Crippen LogP contribution in [0.5, 0.6) is 0 Å². The van der Waals surface area contributed by atoms with Crippen LogP contribution in [-0.2, 0) is 11.3 Å². The lowest BCUT2D eigenvalue weighted by molar-refractivity contribution is 0.122. The molecule has 0 aromatic carbocycles. The summed E-state index contributed by atoms with van der Waals surface area (Å²) < 4.78 is 5.40. The maximum absolute atomic E-state index is 5.40. The van der Waals surface area contributed by atoms with Gasteiger partial charge in [0.1, 0.15) is 0 Å². The molecule has 0 saturated carbocycles. The molecule has 2 heterocycles. The molecule has 1 N–H and O–H groups in total. The van der Waals surface area contributed by atoms with Gasteiger partial charge in [0.05, 0.1) is 13.2 Å². The Labute approximate surface area is 109 Å². The Hall–Kier alpha value is -1.13. The number of nitrogens with zero attached hydrogens (tertiary/aromatic N) is 2. The van der Waals surface area contributed by atoms with Gasteiger partial charge in [-0.3, -0.25) is 4.98 Å². The highest BCUT2D eigenvalue weighted by molar-refractivity contribution is 5.52. The molecule has 0 amide bonds. The van der Waals surface area contributed by atoms with Crippen LogP contribution in [0, 0.1) is 5.92 Å². The van der Waals surface area contributed by atoms with Crippen molar-refractivity contribution in [3.63, 3.8) is 0 Å². The summed E-state index contributed by atoms with van der Waals surface area (Å²) in [6.07, 6.45) is 3.84. The Morgan fingerprint density at radius 1 is 1.39 bits per heavy atom. The largest absolute Gasteiger partial charge is 0.378 e. The van der Waals surface area contributed by atoms with Crippen LogP contribution in [0.3, 0.4) is 0 Å². The first-order chi connectivity index (χ1) is 8.77. The summed E-state index contributed by atoms with van der Waals surface area (Å²) in [7, 11) is 0. The molecule has 1 aliphatic heterocycles. The molecule has 1 aromatic heterocycles. The topological polar surface area (TPSA) is 37.4 Å². The fraction of sp³-hybridized carbons (Fsp3) is 0.643. The van der Waals surface area contributed by atoms with Crippen molar-refractivity contribution >= 4 is 5.69 Å². The fourth-order valence-electron chi connectivity index (χ4n) is 2.16. The SMILES string of the molecule is CC(C)CNCc1cnccc1N1CCOCC1. The third-order valence-corrected chi connectivity index (χ3v) is 3.10. The summed E-state index contributed by atoms with van der Waals surface area (Å²) in [6, 6.07) is 2.11. The highest BCUT2D eigenvalue weighted by Crippen LogP contribution is 2.20. The quantitative estimate of drug-likeness (QED) is 0.861. The van der Waals surface area contributed by atoms with E-state index in [2.05, 4.69) is 35.1 Å². The van der Waals surface area contributed by atoms with Crippen LogP contribution in [0.15, 0.2) is 18.5 Å². The second-order valence-electron chi connectivity index (χ2n) is 5.13. The number of ether oxygens (including phenoxy) is 1. The number of pyridine rings is 1. The molecule has 1 aromatic rings. The van der Waals surface area contributed by atoms with Gasteiger partial charge < -0.3 is 15.0 Å². The zero-order valence-corrected chi connectivity index (χ0v) is 11.4. The molecule has 100 valence electrons. The van der Waals surface area contributed by atoms with Crippen LogP contribution in [-0.4, -0.2) is 37.8 Å². The van der Waals surface area contributed by atoms with Gasteiger partial charge in [0, 0.05) is 43.3 Å². The average Bonchev–Trinajstić information content (AvgIpc) is 2.40. The van der Waals surface area contributed by atoms with E-state index in [9.17, 15) is 0 Å². The molecule has 1 fully saturated rings. The zero-order valence-electron chi connectivity index (χ0n) is 11.4. The molecule has 18 heavy (non-hydrogen) atoms. The Kier molecular flexibility index (Phi) is 4.96. The lowest BCUT2D eigenvalue weighted by Gasteiger charge is -2.30. The summed E-state index contributed by atoms with van der Waals surface area (Å²) >= 11 is 0. The summed E-state index contributed by atoms with van der Waals surface area (Å²) in [6.45, 7) is 9.96. The maximum Gasteiger partial charge on any atom is 0.0642 e. The van der Waals surface area contributed by atoms with Crippen molar-refractivity contribution in [1.82, 2.24) is 10.3 Å². The van der Waals surface area contributed by atoms with Gasteiger partial charge in [-0.25, -0.2) is 0 Å². The minimum absolute atomic E-state index is 0.675. The van der Waals surface area contributed by atoms with E-state index in [1.54, 1.807) is 0 Å². The van der Waals surface area contributed by atoms with Crippen LogP contribution in [0.25, 0.3) is 0 Å². The second-order valence-corrected chi connectivity index (χ2v) is 5.13. The normalized spacial score (nSPS) is 16.3. The van der Waals surface area contributed by atoms with Gasteiger partial charge in [0.25, 0.3) is 0 Å². The summed E-state index contributed by atoms with van der Waals surface area (Å²) in [5.41, 5.74) is 2.57. The number of anilines is 1. The first-order valence-electron chi connectivity index (χ1n) is 6.73. The molecule has 1 saturated heterocycles. The highest BCUT2D eigenvalue weighted by Gasteiger charge is 2.14. The van der Waals surface area contributed by atoms with E-state index < -0.39 is 0 Å². The molecule has 0 atom stereocenters. The van der Waals surface area contributed by atoms with Crippen LogP contribution < -0.4 is 10.2 Å². The molecule has 0 aliphatic carbocycles. The van der Waals surface area contributed by atoms with Crippen molar-refractivity contribution in [1.29, 1.82) is 0 Å². The Morgan fingerprint density at radius 3 is 2.89 bits per heavy atom. The lowest BCUT2D eigenvalue weighted by atomic mass is 10.2. The van der Waals surface area contributed by atoms with Gasteiger partial charge in [-0.2, -0.15) is 0 Å². The summed E-state index contributed by atoms with van der Waals surface area (Å²) in [4.78, 5) is 6.63. The van der Waals surface area contributed by atoms with E-state index in [4.69, 9.17) is 4.74 Å². The van der Waals surface area contributed by atoms with Crippen LogP contribution in [0.2, 0.25) is 0 Å². The summed E-state index contributed by atoms with van der Waals surface area (Å²) in [5, 5.41) is 3.48. The third kappa shape index (κ3) is 3.68. The average molecular weight is 249 g/mol. The Morgan fingerprint density at radius 2 is 2.17 bits per heavy atom. The van der Waals surface area contributed by atoms with Crippen molar-refractivity contribution < 1.29 is 4.74 Å². The van der Waals surface area contributed by atoms with Crippen molar-refractivity contribution in [3.05, 3.63) is 24.0 Å². The van der Waals surface area contributed by atoms with Crippen molar-refractivity contribution in [2.24, 2.45) is 5.92 Å². The molecule has 0 spiro atoms. The van der Waals surface area contributed by atoms with Gasteiger partial charge in [0.15, 0.2) is 0 Å². The van der Waals surface area contributed by atoms with Crippen LogP contribution >= 0.6 is 0 Å². The number of nitrogens with one attached hydrogen (secondary N) is 1. The number of hydrogen-bond donors (Lipinski definition) is 1. The first kappa shape index (κ1) is 13.3. The van der Waals surface area contributed by atoms with Gasteiger partial charge in [0.2, 0.25) is 0 Å². The molecule has 1 aliphatic rings. The van der Waals surface area contributed by atoms with Crippen molar-refractivity contribution in [2.45, 2.75) is 20.4 Å². The molecule has 0 radical (unpaired) electrons. The Bertz CT molecular complexity index is 362. The van der Waals surface area contributed by atoms with Gasteiger partial charge >= 0.3 is 0 Å². The molecule has 4 nitrogen and oxygen atoms in total. The van der Waals surface area contributed by atoms with E-state index in [1.165, 1.54) is 11.3 Å². The minimum atomic E-state index is 0.675. The van der Waals surface area contributed by atoms with Gasteiger partial charge in [-0.15, -0.1) is 0 Å². The number of aromatic nitrogens is 1. The van der Waals surface area contributed by atoms with Crippen LogP contribution in [0.1, 0.15) is 19.4 Å². The lowest BCUT2D eigenvalue weighted by Crippen LogP contribution is -2.37. The van der Waals surface area contributed by atoms with E-state index in [0.717, 1.165) is 39.4 Å². The van der Waals surface area contributed by atoms with E-state index >= 15 is 0 Å². The number of hydrogen-bond acceptors (Lipinski definition) is 4. The first-order valence-corrected chi connectivity index (χ1v) is 6.73. The standard InChI is InChI=1S/C14H23N3O/c1-12(2)9-16-11-13-10-15-4-3-14(13)17-5-7-18-8-6-17/h3-4,10,12,16H,5-9,11H2,1-2H3. The third-order valence-electron chi connectivity index (χ3n) is 3.10. The number of rotatable bonds is 5. The molecule has 4 heteroatoms. The predicted molar refractivity (Wildman–Crippen MR) is 73.8 cm³/mol. The van der Waals surface area contributed by atoms with Gasteiger partial charge in [-0.05, 0) is 18.5 Å². The minimum Gasteiger partial charge on any atom is -0.378 e. The van der Waals surface area contributed by atoms with E-state index in [1.807, 2.05) is 12.4 Å². The van der Waals surface area contributed by atoms with Crippen molar-refractivity contribution in [2.75, 3.05) is 37.7 Å². The predicted octanol–water partition coefficient (Wildman–Crippen LogP) is 1.66. The molecule has 0 bridgehead atoms. The van der Waals surface area contributed by atoms with Crippen molar-refractivity contribution in [3.8, 4) is 0 Å². The smallest absolute Gasteiger partial charge is 0.0642 e. The monoisotopic (exact) mass is 249 g/mol. The summed E-state index contributed by atoms with van der Waals surface area (Å²) in [5.74, 6) is 0.675. The fourth-order valence-corrected chi connectivity index (χ4v) is 2.16. The number of morpholine rings is 1.